The zero-order chi connectivity index (χ0) is 19.9. The number of aryl methyl sites for hydroxylation is 1. The summed E-state index contributed by atoms with van der Waals surface area (Å²) in [6.07, 6.45) is 2.09. The molecule has 0 radical (unpaired) electrons. The average molecular weight is 380 g/mol. The van der Waals surface area contributed by atoms with Crippen molar-refractivity contribution in [2.45, 2.75) is 32.9 Å². The summed E-state index contributed by atoms with van der Waals surface area (Å²) >= 11 is 0. The smallest absolute Gasteiger partial charge is 0.225 e. The predicted octanol–water partition coefficient (Wildman–Crippen LogP) is 2.30. The van der Waals surface area contributed by atoms with Crippen LogP contribution in [0.15, 0.2) is 48.7 Å². The largest absolute Gasteiger partial charge is 0.349 e. The van der Waals surface area contributed by atoms with E-state index in [0.29, 0.717) is 13.1 Å². The van der Waals surface area contributed by atoms with Crippen LogP contribution in [0.1, 0.15) is 36.2 Å². The van der Waals surface area contributed by atoms with Gasteiger partial charge in [0.2, 0.25) is 11.8 Å². The molecule has 3 rings (SSSR count). The molecule has 6 nitrogen and oxygen atoms in total. The zero-order valence-corrected chi connectivity index (χ0v) is 16.6. The van der Waals surface area contributed by atoms with E-state index in [4.69, 9.17) is 0 Å². The van der Waals surface area contributed by atoms with Crippen LogP contribution in [0, 0.1) is 6.92 Å². The first-order valence-electron chi connectivity index (χ1n) is 9.75. The number of pyridine rings is 1. The van der Waals surface area contributed by atoms with Gasteiger partial charge >= 0.3 is 0 Å². The van der Waals surface area contributed by atoms with E-state index in [1.54, 1.807) is 0 Å². The van der Waals surface area contributed by atoms with Gasteiger partial charge in [0.1, 0.15) is 0 Å². The Morgan fingerprint density at radius 3 is 2.39 bits per heavy atom. The fourth-order valence-electron chi connectivity index (χ4n) is 3.48. The molecule has 1 aliphatic rings. The Labute approximate surface area is 166 Å². The van der Waals surface area contributed by atoms with Gasteiger partial charge in [-0.25, -0.2) is 0 Å². The van der Waals surface area contributed by atoms with Crippen molar-refractivity contribution in [3.05, 3.63) is 65.5 Å². The number of carbonyl (C=O) groups excluding carboxylic acids is 2. The molecule has 148 valence electrons. The van der Waals surface area contributed by atoms with Gasteiger partial charge in [-0.1, -0.05) is 35.9 Å². The van der Waals surface area contributed by atoms with Crippen molar-refractivity contribution in [1.82, 2.24) is 20.1 Å². The molecular formula is C22H28N4O2. The molecule has 1 fully saturated rings. The molecule has 0 bridgehead atoms. The maximum absolute atomic E-state index is 12.8. The molecule has 2 heterocycles. The SMILES string of the molecule is CC(=O)NC(CC(=O)N1CCN(Cc2ccccn2)CC1)c1ccc(C)cc1. The molecule has 1 N–H and O–H groups in total. The number of carbonyl (C=O) groups is 2. The first kappa shape index (κ1) is 20.0. The lowest BCUT2D eigenvalue weighted by molar-refractivity contribution is -0.133. The van der Waals surface area contributed by atoms with Crippen LogP contribution in [0.3, 0.4) is 0 Å². The first-order valence-corrected chi connectivity index (χ1v) is 9.75. The number of aromatic nitrogens is 1. The van der Waals surface area contributed by atoms with E-state index in [9.17, 15) is 9.59 Å². The van der Waals surface area contributed by atoms with Crippen LogP contribution in [-0.4, -0.2) is 52.8 Å². The first-order chi connectivity index (χ1) is 13.5. The minimum Gasteiger partial charge on any atom is -0.349 e. The summed E-state index contributed by atoms with van der Waals surface area (Å²) in [6, 6.07) is 13.6. The maximum Gasteiger partial charge on any atom is 0.225 e. The normalized spacial score (nSPS) is 15.9. The van der Waals surface area contributed by atoms with Gasteiger partial charge in [0.25, 0.3) is 0 Å². The Kier molecular flexibility index (Phi) is 6.76. The Balaban J connectivity index is 1.55. The highest BCUT2D eigenvalue weighted by Gasteiger charge is 2.25. The van der Waals surface area contributed by atoms with Crippen LogP contribution in [0.5, 0.6) is 0 Å². The molecule has 1 aromatic heterocycles. The predicted molar refractivity (Wildman–Crippen MR) is 108 cm³/mol. The van der Waals surface area contributed by atoms with Gasteiger partial charge in [0.05, 0.1) is 18.2 Å². The van der Waals surface area contributed by atoms with Crippen molar-refractivity contribution in [1.29, 1.82) is 0 Å². The average Bonchev–Trinajstić information content (AvgIpc) is 2.69. The number of nitrogens with one attached hydrogen (secondary N) is 1. The van der Waals surface area contributed by atoms with Gasteiger partial charge in [-0.15, -0.1) is 0 Å². The summed E-state index contributed by atoms with van der Waals surface area (Å²) in [5.41, 5.74) is 3.16. The van der Waals surface area contributed by atoms with Crippen molar-refractivity contribution in [3.8, 4) is 0 Å². The van der Waals surface area contributed by atoms with Gasteiger partial charge in [-0.3, -0.25) is 19.5 Å². The van der Waals surface area contributed by atoms with Crippen LogP contribution in [-0.2, 0) is 16.1 Å². The highest BCUT2D eigenvalue weighted by atomic mass is 16.2. The summed E-state index contributed by atoms with van der Waals surface area (Å²) in [6.45, 7) is 7.38. The number of hydrogen-bond donors (Lipinski definition) is 1. The maximum atomic E-state index is 12.8. The Bertz CT molecular complexity index is 784. The lowest BCUT2D eigenvalue weighted by Gasteiger charge is -2.35. The topological polar surface area (TPSA) is 65.5 Å². The monoisotopic (exact) mass is 380 g/mol. The van der Waals surface area contributed by atoms with Gasteiger partial charge in [-0.2, -0.15) is 0 Å². The molecule has 1 saturated heterocycles. The Morgan fingerprint density at radius 2 is 1.79 bits per heavy atom. The van der Waals surface area contributed by atoms with E-state index in [1.165, 1.54) is 6.92 Å². The summed E-state index contributed by atoms with van der Waals surface area (Å²) < 4.78 is 0. The minimum absolute atomic E-state index is 0.0804. The summed E-state index contributed by atoms with van der Waals surface area (Å²) in [7, 11) is 0. The molecule has 1 aromatic carbocycles. The summed E-state index contributed by atoms with van der Waals surface area (Å²) in [5, 5.41) is 2.92. The molecular weight excluding hydrogens is 352 g/mol. The molecule has 0 spiro atoms. The second kappa shape index (κ2) is 9.46. The van der Waals surface area contributed by atoms with E-state index in [0.717, 1.165) is 36.5 Å². The quantitative estimate of drug-likeness (QED) is 0.835. The lowest BCUT2D eigenvalue weighted by Crippen LogP contribution is -2.49. The van der Waals surface area contributed by atoms with Crippen LogP contribution >= 0.6 is 0 Å². The highest BCUT2D eigenvalue weighted by Crippen LogP contribution is 2.19. The molecule has 1 atom stereocenters. The minimum atomic E-state index is -0.294. The molecule has 2 amide bonds. The van der Waals surface area contributed by atoms with Crippen molar-refractivity contribution >= 4 is 11.8 Å². The van der Waals surface area contributed by atoms with E-state index in [2.05, 4.69) is 15.2 Å². The standard InChI is InChI=1S/C22H28N4O2/c1-17-6-8-19(9-7-17)21(24-18(2)27)15-22(28)26-13-11-25(12-14-26)16-20-5-3-4-10-23-20/h3-10,21H,11-16H2,1-2H3,(H,24,27). The third-order valence-electron chi connectivity index (χ3n) is 5.07. The number of rotatable bonds is 6. The van der Waals surface area contributed by atoms with Crippen LogP contribution < -0.4 is 5.32 Å². The third-order valence-corrected chi connectivity index (χ3v) is 5.07. The second-order valence-electron chi connectivity index (χ2n) is 7.35. The van der Waals surface area contributed by atoms with Crippen molar-refractivity contribution in [3.63, 3.8) is 0 Å². The number of piperazine rings is 1. The Morgan fingerprint density at radius 1 is 1.07 bits per heavy atom. The molecule has 28 heavy (non-hydrogen) atoms. The van der Waals surface area contributed by atoms with Gasteiger partial charge < -0.3 is 10.2 Å². The summed E-state index contributed by atoms with van der Waals surface area (Å²) in [5.74, 6) is -0.0460. The fourth-order valence-corrected chi connectivity index (χ4v) is 3.48. The van der Waals surface area contributed by atoms with E-state index >= 15 is 0 Å². The molecule has 2 aromatic rings. The van der Waals surface area contributed by atoms with Crippen LogP contribution in [0.25, 0.3) is 0 Å². The van der Waals surface area contributed by atoms with Crippen LogP contribution in [0.2, 0.25) is 0 Å². The van der Waals surface area contributed by atoms with Gasteiger partial charge in [0.15, 0.2) is 0 Å². The fraction of sp³-hybridized carbons (Fsp3) is 0.409. The molecule has 1 unspecified atom stereocenters. The van der Waals surface area contributed by atoms with Crippen molar-refractivity contribution in [2.24, 2.45) is 0 Å². The number of amides is 2. The zero-order valence-electron chi connectivity index (χ0n) is 16.6. The van der Waals surface area contributed by atoms with Gasteiger partial charge in [-0.05, 0) is 24.6 Å². The van der Waals surface area contributed by atoms with Crippen molar-refractivity contribution in [2.75, 3.05) is 26.2 Å². The van der Waals surface area contributed by atoms with Crippen LogP contribution in [0.4, 0.5) is 0 Å². The molecule has 1 aliphatic heterocycles. The number of nitrogens with zero attached hydrogens (tertiary/aromatic N) is 3. The van der Waals surface area contributed by atoms with E-state index < -0.39 is 0 Å². The number of hydrogen-bond acceptors (Lipinski definition) is 4. The Hall–Kier alpha value is -2.73. The van der Waals surface area contributed by atoms with Gasteiger partial charge in [0, 0.05) is 45.8 Å². The molecule has 0 aliphatic carbocycles. The van der Waals surface area contributed by atoms with Crippen molar-refractivity contribution < 1.29 is 9.59 Å². The third kappa shape index (κ3) is 5.63. The van der Waals surface area contributed by atoms with E-state index in [-0.39, 0.29) is 24.3 Å². The molecule has 6 heteroatoms. The lowest BCUT2D eigenvalue weighted by atomic mass is 10.0. The number of benzene rings is 1. The van der Waals surface area contributed by atoms with E-state index in [1.807, 2.05) is 60.5 Å². The highest BCUT2D eigenvalue weighted by molar-refractivity contribution is 5.79. The molecule has 0 saturated carbocycles. The second-order valence-corrected chi connectivity index (χ2v) is 7.35. The summed E-state index contributed by atoms with van der Waals surface area (Å²) in [4.78, 5) is 33.0.